The number of sulfonamides is 1. The van der Waals surface area contributed by atoms with Crippen molar-refractivity contribution in [1.82, 2.24) is 18.9 Å². The summed E-state index contributed by atoms with van der Waals surface area (Å²) in [7, 11) is -1.33. The molecule has 0 fully saturated rings. The number of rotatable bonds is 4. The molecule has 0 aliphatic carbocycles. The Morgan fingerprint density at radius 3 is 2.19 bits per heavy atom. The third-order valence-corrected chi connectivity index (χ3v) is 5.35. The molecule has 2 heterocycles. The van der Waals surface area contributed by atoms with Gasteiger partial charge < -0.3 is 0 Å². The summed E-state index contributed by atoms with van der Waals surface area (Å²) >= 11 is 0. The lowest BCUT2D eigenvalue weighted by molar-refractivity contribution is 0.493. The molecule has 0 aliphatic rings. The summed E-state index contributed by atoms with van der Waals surface area (Å²) < 4.78 is 31.8. The lowest BCUT2D eigenvalue weighted by Gasteiger charge is -2.18. The van der Waals surface area contributed by atoms with E-state index in [0.29, 0.717) is 5.69 Å². The molecule has 0 atom stereocenters. The molecule has 2 aromatic rings. The molecular formula is C16H25N5O4S. The first-order valence-corrected chi connectivity index (χ1v) is 9.63. The van der Waals surface area contributed by atoms with Gasteiger partial charge in [0.1, 0.15) is 10.7 Å². The quantitative estimate of drug-likeness (QED) is 0.846. The van der Waals surface area contributed by atoms with Crippen LogP contribution in [0, 0.1) is 0 Å². The van der Waals surface area contributed by atoms with Crippen LogP contribution in [0.5, 0.6) is 0 Å². The van der Waals surface area contributed by atoms with Crippen LogP contribution in [-0.4, -0.2) is 27.3 Å². The van der Waals surface area contributed by atoms with Crippen LogP contribution in [0.3, 0.4) is 0 Å². The molecule has 0 bridgehead atoms. The number of hydrogen-bond acceptors (Lipinski definition) is 5. The molecule has 1 N–H and O–H groups in total. The molecule has 26 heavy (non-hydrogen) atoms. The molecule has 0 radical (unpaired) electrons. The van der Waals surface area contributed by atoms with E-state index >= 15 is 0 Å². The Labute approximate surface area is 152 Å². The monoisotopic (exact) mass is 383 g/mol. The van der Waals surface area contributed by atoms with E-state index in [1.165, 1.54) is 20.3 Å². The molecule has 144 valence electrons. The van der Waals surface area contributed by atoms with E-state index in [9.17, 15) is 18.0 Å². The second kappa shape index (κ2) is 6.42. The molecule has 0 amide bonds. The van der Waals surface area contributed by atoms with E-state index in [1.54, 1.807) is 4.68 Å². The summed E-state index contributed by atoms with van der Waals surface area (Å²) in [5.74, 6) is -0.102. The first-order chi connectivity index (χ1) is 11.8. The van der Waals surface area contributed by atoms with Gasteiger partial charge >= 0.3 is 5.69 Å². The minimum Gasteiger partial charge on any atom is -0.282 e. The van der Waals surface area contributed by atoms with Crippen molar-refractivity contribution < 1.29 is 8.42 Å². The summed E-state index contributed by atoms with van der Waals surface area (Å²) in [5.41, 5.74) is -1.32. The SMILES string of the molecule is CC(C)n1cc(S(=O)(=O)Nc2cc(=O)n(C)c(=O)n2C)c(C(C)(C)C)n1. The zero-order chi connectivity index (χ0) is 20.0. The fraction of sp³-hybridized carbons (Fsp3) is 0.562. The molecular weight excluding hydrogens is 358 g/mol. The van der Waals surface area contributed by atoms with Crippen molar-refractivity contribution in [2.75, 3.05) is 4.72 Å². The Balaban J connectivity index is 2.63. The first-order valence-electron chi connectivity index (χ1n) is 8.15. The predicted molar refractivity (Wildman–Crippen MR) is 99.0 cm³/mol. The predicted octanol–water partition coefficient (Wildman–Crippen LogP) is 0.960. The van der Waals surface area contributed by atoms with Gasteiger partial charge in [-0.25, -0.2) is 13.2 Å². The Bertz CT molecular complexity index is 1050. The van der Waals surface area contributed by atoms with E-state index < -0.39 is 26.7 Å². The van der Waals surface area contributed by atoms with E-state index in [2.05, 4.69) is 9.82 Å². The number of anilines is 1. The van der Waals surface area contributed by atoms with Crippen molar-refractivity contribution >= 4 is 15.8 Å². The Morgan fingerprint density at radius 2 is 1.69 bits per heavy atom. The number of hydrogen-bond donors (Lipinski definition) is 1. The van der Waals surface area contributed by atoms with Crippen LogP contribution in [0.1, 0.15) is 46.4 Å². The van der Waals surface area contributed by atoms with Crippen LogP contribution >= 0.6 is 0 Å². The van der Waals surface area contributed by atoms with Crippen molar-refractivity contribution in [3.05, 3.63) is 38.8 Å². The highest BCUT2D eigenvalue weighted by atomic mass is 32.2. The van der Waals surface area contributed by atoms with Crippen LogP contribution in [0.25, 0.3) is 0 Å². The number of nitrogens with one attached hydrogen (secondary N) is 1. The van der Waals surface area contributed by atoms with Gasteiger partial charge in [0, 0.05) is 37.8 Å². The fourth-order valence-corrected chi connectivity index (χ4v) is 3.81. The van der Waals surface area contributed by atoms with Crippen molar-refractivity contribution in [3.8, 4) is 0 Å². The van der Waals surface area contributed by atoms with Crippen LogP contribution < -0.4 is 16.0 Å². The van der Waals surface area contributed by atoms with E-state index in [4.69, 9.17) is 0 Å². The molecule has 0 saturated heterocycles. The Kier molecular flexibility index (Phi) is 4.93. The highest BCUT2D eigenvalue weighted by Crippen LogP contribution is 2.29. The van der Waals surface area contributed by atoms with Crippen LogP contribution in [0.2, 0.25) is 0 Å². The summed E-state index contributed by atoms with van der Waals surface area (Å²) in [5, 5.41) is 4.42. The number of aromatic nitrogens is 4. The summed E-state index contributed by atoms with van der Waals surface area (Å²) in [4.78, 5) is 23.9. The van der Waals surface area contributed by atoms with Crippen LogP contribution in [0.4, 0.5) is 5.82 Å². The van der Waals surface area contributed by atoms with E-state index in [0.717, 1.165) is 15.2 Å². The standard InChI is InChI=1S/C16H25N5O4S/c1-10(2)21-9-11(14(17-21)16(3,4)5)26(24,25)18-12-8-13(22)20(7)15(23)19(12)6/h8-10,18H,1-7H3. The van der Waals surface area contributed by atoms with Gasteiger partial charge in [-0.1, -0.05) is 20.8 Å². The second-order valence-corrected chi connectivity index (χ2v) is 9.19. The molecule has 9 nitrogen and oxygen atoms in total. The van der Waals surface area contributed by atoms with Gasteiger partial charge in [-0.3, -0.25) is 23.3 Å². The van der Waals surface area contributed by atoms with Gasteiger partial charge in [0.2, 0.25) is 0 Å². The third kappa shape index (κ3) is 3.59. The van der Waals surface area contributed by atoms with Gasteiger partial charge in [-0.2, -0.15) is 5.10 Å². The highest BCUT2D eigenvalue weighted by Gasteiger charge is 2.31. The average molecular weight is 383 g/mol. The summed E-state index contributed by atoms with van der Waals surface area (Å²) in [6.45, 7) is 9.40. The van der Waals surface area contributed by atoms with Gasteiger partial charge in [-0.15, -0.1) is 0 Å². The topological polar surface area (TPSA) is 108 Å². The molecule has 2 rings (SSSR count). The van der Waals surface area contributed by atoms with Gasteiger partial charge in [0.15, 0.2) is 0 Å². The maximum atomic E-state index is 13.0. The molecule has 0 spiro atoms. The molecule has 2 aromatic heterocycles. The van der Waals surface area contributed by atoms with E-state index in [1.807, 2.05) is 34.6 Å². The third-order valence-electron chi connectivity index (χ3n) is 3.99. The molecule has 0 aliphatic heterocycles. The van der Waals surface area contributed by atoms with Crippen molar-refractivity contribution in [2.24, 2.45) is 14.1 Å². The van der Waals surface area contributed by atoms with Gasteiger partial charge in [0.05, 0.1) is 5.69 Å². The molecule has 0 saturated carbocycles. The molecule has 10 heteroatoms. The Hall–Kier alpha value is -2.36. The van der Waals surface area contributed by atoms with Crippen LogP contribution in [0.15, 0.2) is 26.7 Å². The normalized spacial score (nSPS) is 12.6. The summed E-state index contributed by atoms with van der Waals surface area (Å²) in [6.07, 6.45) is 1.47. The lowest BCUT2D eigenvalue weighted by Crippen LogP contribution is -2.38. The van der Waals surface area contributed by atoms with Crippen LogP contribution in [-0.2, 0) is 29.5 Å². The lowest BCUT2D eigenvalue weighted by atomic mass is 9.92. The average Bonchev–Trinajstić information content (AvgIpc) is 2.97. The Morgan fingerprint density at radius 1 is 1.12 bits per heavy atom. The zero-order valence-electron chi connectivity index (χ0n) is 16.1. The minimum absolute atomic E-state index is 0.0200. The first kappa shape index (κ1) is 20.0. The largest absolute Gasteiger partial charge is 0.332 e. The zero-order valence-corrected chi connectivity index (χ0v) is 16.9. The van der Waals surface area contributed by atoms with Gasteiger partial charge in [0.25, 0.3) is 15.6 Å². The van der Waals surface area contributed by atoms with E-state index in [-0.39, 0.29) is 16.8 Å². The highest BCUT2D eigenvalue weighted by molar-refractivity contribution is 7.92. The fourth-order valence-electron chi connectivity index (χ4n) is 2.38. The maximum Gasteiger partial charge on any atom is 0.332 e. The van der Waals surface area contributed by atoms with Gasteiger partial charge in [-0.05, 0) is 13.8 Å². The smallest absolute Gasteiger partial charge is 0.282 e. The molecule has 0 aromatic carbocycles. The van der Waals surface area contributed by atoms with Crippen molar-refractivity contribution in [3.63, 3.8) is 0 Å². The number of nitrogens with zero attached hydrogens (tertiary/aromatic N) is 4. The molecule has 0 unspecified atom stereocenters. The second-order valence-electron chi connectivity index (χ2n) is 7.54. The van der Waals surface area contributed by atoms with Crippen molar-refractivity contribution in [2.45, 2.75) is 51.0 Å². The van der Waals surface area contributed by atoms with Crippen molar-refractivity contribution in [1.29, 1.82) is 0 Å². The summed E-state index contributed by atoms with van der Waals surface area (Å²) in [6, 6.07) is 1.05. The minimum atomic E-state index is -4.05. The maximum absolute atomic E-state index is 13.0.